The van der Waals surface area contributed by atoms with Gasteiger partial charge >= 0.3 is 0 Å². The molecule has 3 aliphatic carbocycles. The van der Waals surface area contributed by atoms with Crippen LogP contribution >= 0.6 is 0 Å². The van der Waals surface area contributed by atoms with E-state index in [-0.39, 0.29) is 11.5 Å². The van der Waals surface area contributed by atoms with Crippen LogP contribution in [0, 0.1) is 11.8 Å². The van der Waals surface area contributed by atoms with E-state index < -0.39 is 0 Å². The van der Waals surface area contributed by atoms with Crippen molar-refractivity contribution in [3.8, 4) is 0 Å². The van der Waals surface area contributed by atoms with Gasteiger partial charge in [-0.2, -0.15) is 0 Å². The van der Waals surface area contributed by atoms with Crippen LogP contribution in [-0.4, -0.2) is 4.98 Å². The molecule has 46 heavy (non-hydrogen) atoms. The highest BCUT2D eigenvalue weighted by atomic mass is 14.9. The van der Waals surface area contributed by atoms with E-state index in [1.165, 1.54) is 66.1 Å². The van der Waals surface area contributed by atoms with Crippen LogP contribution in [0.3, 0.4) is 0 Å². The van der Waals surface area contributed by atoms with E-state index in [9.17, 15) is 0 Å². The van der Waals surface area contributed by atoms with Gasteiger partial charge in [-0.25, -0.2) is 0 Å². The SMILES string of the molecule is CC(C)(C)c1cccc(C2=c3ccccc3=C(C3=Cc4cc(C5=CNC(c6ccncc6)C=C5)ccc4CC3)C3C=CC=CC23)c1. The summed E-state index contributed by atoms with van der Waals surface area (Å²) in [5.74, 6) is 0.609. The molecule has 3 unspecified atom stereocenters. The second kappa shape index (κ2) is 11.4. The van der Waals surface area contributed by atoms with Crippen molar-refractivity contribution in [3.05, 3.63) is 183 Å². The molecular weight excluding hydrogens is 556 g/mol. The molecule has 0 saturated heterocycles. The van der Waals surface area contributed by atoms with E-state index >= 15 is 0 Å². The molecule has 4 aliphatic rings. The minimum atomic E-state index is 0.101. The fourth-order valence-electron chi connectivity index (χ4n) is 7.68. The summed E-state index contributed by atoms with van der Waals surface area (Å²) in [7, 11) is 0. The van der Waals surface area contributed by atoms with E-state index in [1.807, 2.05) is 12.4 Å². The summed E-state index contributed by atoms with van der Waals surface area (Å²) in [6.45, 7) is 6.91. The third-order valence-electron chi connectivity index (χ3n) is 10.1. The molecule has 2 heterocycles. The van der Waals surface area contributed by atoms with E-state index in [1.54, 1.807) is 0 Å². The molecule has 2 heteroatoms. The number of dihydropyridines is 1. The first-order valence-corrected chi connectivity index (χ1v) is 16.6. The number of nitrogens with one attached hydrogen (secondary N) is 1. The average Bonchev–Trinajstić information content (AvgIpc) is 3.10. The van der Waals surface area contributed by atoms with Gasteiger partial charge in [0, 0.05) is 30.4 Å². The number of aryl methyl sites for hydroxylation is 1. The summed E-state index contributed by atoms with van der Waals surface area (Å²) < 4.78 is 0. The molecule has 4 aromatic rings. The standard InChI is InChI=1S/C44H40N2/c1-44(2,3)36-10-8-9-32(27-36)42-37-11-4-6-13-39(37)43(40-14-7-5-12-38(40)42)33-18-16-29-15-17-31(25-35(29)26-33)34-19-20-41(46-28-34)30-21-23-45-24-22-30/h4-15,17,19-28,37,39,41,46H,16,18H2,1-3H3. The first kappa shape index (κ1) is 28.5. The number of rotatable bonds is 4. The Morgan fingerprint density at radius 3 is 2.22 bits per heavy atom. The predicted molar refractivity (Wildman–Crippen MR) is 192 cm³/mol. The number of pyridine rings is 1. The van der Waals surface area contributed by atoms with Crippen molar-refractivity contribution in [2.75, 3.05) is 0 Å². The van der Waals surface area contributed by atoms with Gasteiger partial charge in [0.2, 0.25) is 0 Å². The summed E-state index contributed by atoms with van der Waals surface area (Å²) in [5, 5.41) is 6.34. The summed E-state index contributed by atoms with van der Waals surface area (Å²) in [5.41, 5.74) is 13.7. The number of benzene rings is 3. The molecule has 8 rings (SSSR count). The fourth-order valence-corrected chi connectivity index (χ4v) is 7.68. The molecule has 0 bridgehead atoms. The number of nitrogens with zero attached hydrogens (tertiary/aromatic N) is 1. The highest BCUT2D eigenvalue weighted by molar-refractivity contribution is 5.86. The maximum absolute atomic E-state index is 4.16. The Balaban J connectivity index is 1.23. The molecule has 1 aliphatic heterocycles. The monoisotopic (exact) mass is 596 g/mol. The molecule has 3 aromatic carbocycles. The second-order valence-electron chi connectivity index (χ2n) is 14.0. The molecule has 0 spiro atoms. The van der Waals surface area contributed by atoms with Crippen LogP contribution in [0.5, 0.6) is 0 Å². The van der Waals surface area contributed by atoms with Crippen molar-refractivity contribution in [2.45, 2.75) is 45.1 Å². The Morgan fingerprint density at radius 2 is 1.48 bits per heavy atom. The van der Waals surface area contributed by atoms with Gasteiger partial charge in [0.1, 0.15) is 0 Å². The van der Waals surface area contributed by atoms with E-state index in [0.29, 0.717) is 11.8 Å². The zero-order valence-electron chi connectivity index (χ0n) is 26.9. The summed E-state index contributed by atoms with van der Waals surface area (Å²) in [6.07, 6.45) is 24.3. The van der Waals surface area contributed by atoms with Crippen LogP contribution in [0.1, 0.15) is 66.6 Å². The molecular formula is C44H40N2. The quantitative estimate of drug-likeness (QED) is 0.256. The highest BCUT2D eigenvalue weighted by Gasteiger charge is 2.33. The van der Waals surface area contributed by atoms with Gasteiger partial charge < -0.3 is 5.32 Å². The maximum atomic E-state index is 4.16. The minimum absolute atomic E-state index is 0.101. The first-order chi connectivity index (χ1) is 22.4. The third-order valence-corrected chi connectivity index (χ3v) is 10.1. The Bertz CT molecular complexity index is 2110. The van der Waals surface area contributed by atoms with Gasteiger partial charge in [0.05, 0.1) is 6.04 Å². The maximum Gasteiger partial charge on any atom is 0.0697 e. The molecule has 3 atom stereocenters. The van der Waals surface area contributed by atoms with Crippen LogP contribution in [0.25, 0.3) is 22.8 Å². The lowest BCUT2D eigenvalue weighted by Crippen LogP contribution is -2.40. The zero-order chi connectivity index (χ0) is 31.3. The molecule has 0 fully saturated rings. The molecule has 2 nitrogen and oxygen atoms in total. The molecule has 0 saturated carbocycles. The van der Waals surface area contributed by atoms with Crippen molar-refractivity contribution in [3.63, 3.8) is 0 Å². The number of aromatic nitrogens is 1. The second-order valence-corrected chi connectivity index (χ2v) is 14.0. The lowest BCUT2D eigenvalue weighted by molar-refractivity contribution is 0.589. The number of hydrogen-bond donors (Lipinski definition) is 1. The van der Waals surface area contributed by atoms with Crippen LogP contribution in [0.15, 0.2) is 139 Å². The Hall–Kier alpha value is -4.95. The van der Waals surface area contributed by atoms with Crippen LogP contribution in [-0.2, 0) is 11.8 Å². The molecule has 1 N–H and O–H groups in total. The van der Waals surface area contributed by atoms with Crippen molar-refractivity contribution in [1.29, 1.82) is 0 Å². The minimum Gasteiger partial charge on any atom is -0.380 e. The molecule has 0 amide bonds. The largest absolute Gasteiger partial charge is 0.380 e. The highest BCUT2D eigenvalue weighted by Crippen LogP contribution is 2.43. The van der Waals surface area contributed by atoms with Crippen LogP contribution in [0.4, 0.5) is 0 Å². The Kier molecular flexibility index (Phi) is 7.10. The smallest absolute Gasteiger partial charge is 0.0697 e. The van der Waals surface area contributed by atoms with Gasteiger partial charge in [-0.05, 0) is 103 Å². The van der Waals surface area contributed by atoms with E-state index in [4.69, 9.17) is 0 Å². The average molecular weight is 597 g/mol. The summed E-state index contributed by atoms with van der Waals surface area (Å²) in [6, 6.07) is 29.7. The van der Waals surface area contributed by atoms with E-state index in [0.717, 1.165) is 12.8 Å². The predicted octanol–water partition coefficient (Wildman–Crippen LogP) is 8.37. The summed E-state index contributed by atoms with van der Waals surface area (Å²) in [4.78, 5) is 4.16. The van der Waals surface area contributed by atoms with Crippen LogP contribution < -0.4 is 15.8 Å². The Morgan fingerprint density at radius 1 is 0.717 bits per heavy atom. The third kappa shape index (κ3) is 5.12. The molecule has 226 valence electrons. The van der Waals surface area contributed by atoms with Crippen molar-refractivity contribution >= 4 is 22.8 Å². The van der Waals surface area contributed by atoms with Crippen molar-refractivity contribution < 1.29 is 0 Å². The lowest BCUT2D eigenvalue weighted by atomic mass is 9.68. The molecule has 1 aromatic heterocycles. The van der Waals surface area contributed by atoms with Gasteiger partial charge in [-0.15, -0.1) is 0 Å². The van der Waals surface area contributed by atoms with Gasteiger partial charge in [0.15, 0.2) is 0 Å². The normalized spacial score (nSPS) is 21.5. The Labute approximate surface area is 272 Å². The topological polar surface area (TPSA) is 24.9 Å². The van der Waals surface area contributed by atoms with Crippen LogP contribution in [0.2, 0.25) is 0 Å². The van der Waals surface area contributed by atoms with E-state index in [2.05, 4.69) is 159 Å². The number of fused-ring (bicyclic) bond motifs is 3. The lowest BCUT2D eigenvalue weighted by Gasteiger charge is -2.35. The zero-order valence-corrected chi connectivity index (χ0v) is 26.9. The fraction of sp³-hybridized carbons (Fsp3) is 0.205. The van der Waals surface area contributed by atoms with Gasteiger partial charge in [-0.3, -0.25) is 4.98 Å². The first-order valence-electron chi connectivity index (χ1n) is 16.6. The number of allylic oxidation sites excluding steroid dienone is 7. The molecule has 0 radical (unpaired) electrons. The number of hydrogen-bond acceptors (Lipinski definition) is 2. The summed E-state index contributed by atoms with van der Waals surface area (Å²) >= 11 is 0. The van der Waals surface area contributed by atoms with Gasteiger partial charge in [0.25, 0.3) is 0 Å². The van der Waals surface area contributed by atoms with Crippen molar-refractivity contribution in [1.82, 2.24) is 10.3 Å². The van der Waals surface area contributed by atoms with Gasteiger partial charge in [-0.1, -0.05) is 124 Å². The van der Waals surface area contributed by atoms with Crippen molar-refractivity contribution in [2.24, 2.45) is 11.8 Å².